The number of hydrogen-bond donors (Lipinski definition) is 1. The van der Waals surface area contributed by atoms with E-state index in [0.717, 1.165) is 12.0 Å². The zero-order valence-electron chi connectivity index (χ0n) is 10.4. The second kappa shape index (κ2) is 4.74. The molecule has 0 spiro atoms. The molecule has 0 aromatic heterocycles. The molecule has 2 heteroatoms. The van der Waals surface area contributed by atoms with Crippen molar-refractivity contribution < 1.29 is 0 Å². The Kier molecular flexibility index (Phi) is 3.27. The van der Waals surface area contributed by atoms with E-state index in [-0.39, 0.29) is 0 Å². The van der Waals surface area contributed by atoms with E-state index in [1.165, 1.54) is 47.7 Å². The van der Waals surface area contributed by atoms with E-state index >= 15 is 0 Å². The summed E-state index contributed by atoms with van der Waals surface area (Å²) in [5.74, 6) is 0.853. The van der Waals surface area contributed by atoms with Gasteiger partial charge < -0.3 is 5.32 Å². The molecule has 0 aliphatic heterocycles. The van der Waals surface area contributed by atoms with Crippen LogP contribution >= 0.6 is 15.9 Å². The Morgan fingerprint density at radius 2 is 2.12 bits per heavy atom. The topological polar surface area (TPSA) is 12.0 Å². The lowest BCUT2D eigenvalue weighted by atomic mass is 10.0. The molecule has 3 unspecified atom stereocenters. The lowest BCUT2D eigenvalue weighted by Gasteiger charge is -2.23. The monoisotopic (exact) mass is 293 g/mol. The molecule has 0 radical (unpaired) electrons. The zero-order chi connectivity index (χ0) is 11.8. The van der Waals surface area contributed by atoms with Crippen molar-refractivity contribution in [1.82, 2.24) is 5.32 Å². The van der Waals surface area contributed by atoms with Crippen molar-refractivity contribution in [3.63, 3.8) is 0 Å². The molecule has 3 rings (SSSR count). The highest BCUT2D eigenvalue weighted by Gasteiger charge is 2.29. The maximum absolute atomic E-state index is 3.89. The Morgan fingerprint density at radius 1 is 1.24 bits per heavy atom. The fourth-order valence-corrected chi connectivity index (χ4v) is 4.01. The van der Waals surface area contributed by atoms with E-state index in [4.69, 9.17) is 0 Å². The molecule has 0 amide bonds. The summed E-state index contributed by atoms with van der Waals surface area (Å²) in [6, 6.07) is 7.96. The highest BCUT2D eigenvalue weighted by molar-refractivity contribution is 9.10. The Bertz CT molecular complexity index is 415. The van der Waals surface area contributed by atoms with Crippen LogP contribution in [0.1, 0.15) is 49.8 Å². The van der Waals surface area contributed by atoms with Crippen molar-refractivity contribution in [2.45, 2.75) is 51.1 Å². The Morgan fingerprint density at radius 3 is 2.88 bits per heavy atom. The molecule has 0 saturated heterocycles. The fourth-order valence-electron chi connectivity index (χ4n) is 3.43. The minimum Gasteiger partial charge on any atom is -0.307 e. The number of nitrogens with one attached hydrogen (secondary N) is 1. The molecule has 2 aliphatic rings. The summed E-state index contributed by atoms with van der Waals surface area (Å²) in [6.07, 6.45) is 6.64. The van der Waals surface area contributed by atoms with Gasteiger partial charge in [0, 0.05) is 16.6 Å². The molecular weight excluding hydrogens is 274 g/mol. The van der Waals surface area contributed by atoms with Gasteiger partial charge in [-0.15, -0.1) is 0 Å². The van der Waals surface area contributed by atoms with Gasteiger partial charge in [-0.05, 0) is 48.8 Å². The van der Waals surface area contributed by atoms with E-state index in [9.17, 15) is 0 Å². The summed E-state index contributed by atoms with van der Waals surface area (Å²) in [5.41, 5.74) is 3.05. The second-order valence-corrected chi connectivity index (χ2v) is 6.43. The lowest BCUT2D eigenvalue weighted by Crippen LogP contribution is -2.33. The van der Waals surface area contributed by atoms with Crippen LogP contribution in [0, 0.1) is 5.92 Å². The maximum atomic E-state index is 3.89. The largest absolute Gasteiger partial charge is 0.307 e. The van der Waals surface area contributed by atoms with E-state index in [2.05, 4.69) is 46.4 Å². The molecule has 3 atom stereocenters. The van der Waals surface area contributed by atoms with E-state index < -0.39 is 0 Å². The van der Waals surface area contributed by atoms with Gasteiger partial charge in [-0.2, -0.15) is 0 Å². The average Bonchev–Trinajstić information content (AvgIpc) is 2.89. The molecule has 1 fully saturated rings. The maximum Gasteiger partial charge on any atom is 0.0329 e. The van der Waals surface area contributed by atoms with Gasteiger partial charge in [0.1, 0.15) is 0 Å². The van der Waals surface area contributed by atoms with Crippen molar-refractivity contribution in [1.29, 1.82) is 0 Å². The van der Waals surface area contributed by atoms with Gasteiger partial charge in [-0.25, -0.2) is 0 Å². The van der Waals surface area contributed by atoms with Crippen LogP contribution in [0.5, 0.6) is 0 Å². The van der Waals surface area contributed by atoms with Gasteiger partial charge >= 0.3 is 0 Å². The van der Waals surface area contributed by atoms with Crippen molar-refractivity contribution >= 4 is 15.9 Å². The quantitative estimate of drug-likeness (QED) is 0.861. The standard InChI is InChI=1S/C15H20BrN/c1-10-4-2-7-14(10)17-15-9-8-11-12(15)5-3-6-13(11)16/h3,5-6,10,14-15,17H,2,4,7-9H2,1H3. The van der Waals surface area contributed by atoms with Crippen LogP contribution in [0.4, 0.5) is 0 Å². The lowest BCUT2D eigenvalue weighted by molar-refractivity contribution is 0.374. The van der Waals surface area contributed by atoms with Crippen molar-refractivity contribution in [2.75, 3.05) is 0 Å². The molecule has 17 heavy (non-hydrogen) atoms. The SMILES string of the molecule is CC1CCCC1NC1CCc2c(Br)cccc21. The molecule has 1 aromatic rings. The summed E-state index contributed by atoms with van der Waals surface area (Å²) >= 11 is 3.67. The van der Waals surface area contributed by atoms with Crippen LogP contribution in [0.2, 0.25) is 0 Å². The molecular formula is C15H20BrN. The van der Waals surface area contributed by atoms with Crippen LogP contribution in [0.3, 0.4) is 0 Å². The molecule has 0 bridgehead atoms. The average molecular weight is 294 g/mol. The predicted molar refractivity (Wildman–Crippen MR) is 75.1 cm³/mol. The Hall–Kier alpha value is -0.340. The number of benzene rings is 1. The van der Waals surface area contributed by atoms with E-state index in [1.807, 2.05) is 0 Å². The third-order valence-electron chi connectivity index (χ3n) is 4.49. The number of hydrogen-bond acceptors (Lipinski definition) is 1. The highest BCUT2D eigenvalue weighted by atomic mass is 79.9. The normalized spacial score (nSPS) is 31.8. The number of rotatable bonds is 2. The molecule has 1 aromatic carbocycles. The minimum atomic E-state index is 0.591. The van der Waals surface area contributed by atoms with Crippen molar-refractivity contribution in [2.24, 2.45) is 5.92 Å². The first kappa shape index (κ1) is 11.7. The molecule has 1 saturated carbocycles. The minimum absolute atomic E-state index is 0.591. The van der Waals surface area contributed by atoms with E-state index in [0.29, 0.717) is 6.04 Å². The third kappa shape index (κ3) is 2.17. The highest BCUT2D eigenvalue weighted by Crippen LogP contribution is 2.37. The fraction of sp³-hybridized carbons (Fsp3) is 0.600. The number of halogens is 1. The molecule has 0 heterocycles. The van der Waals surface area contributed by atoms with Gasteiger partial charge in [0.25, 0.3) is 0 Å². The zero-order valence-corrected chi connectivity index (χ0v) is 12.0. The molecule has 1 nitrogen and oxygen atoms in total. The van der Waals surface area contributed by atoms with Gasteiger partial charge in [-0.3, -0.25) is 0 Å². The van der Waals surface area contributed by atoms with Crippen molar-refractivity contribution in [3.8, 4) is 0 Å². The third-order valence-corrected chi connectivity index (χ3v) is 5.23. The van der Waals surface area contributed by atoms with Crippen LogP contribution in [-0.4, -0.2) is 6.04 Å². The second-order valence-electron chi connectivity index (χ2n) is 5.58. The van der Waals surface area contributed by atoms with Crippen LogP contribution in [0.25, 0.3) is 0 Å². The van der Waals surface area contributed by atoms with Gasteiger partial charge in [0.15, 0.2) is 0 Å². The number of fused-ring (bicyclic) bond motifs is 1. The van der Waals surface area contributed by atoms with Gasteiger partial charge in [-0.1, -0.05) is 41.4 Å². The summed E-state index contributed by atoms with van der Waals surface area (Å²) in [6.45, 7) is 2.39. The van der Waals surface area contributed by atoms with Gasteiger partial charge in [0.05, 0.1) is 0 Å². The van der Waals surface area contributed by atoms with Crippen molar-refractivity contribution in [3.05, 3.63) is 33.8 Å². The first-order valence-electron chi connectivity index (χ1n) is 6.79. The summed E-state index contributed by atoms with van der Waals surface area (Å²) in [4.78, 5) is 0. The predicted octanol–water partition coefficient (Wildman–Crippen LogP) is 4.21. The first-order valence-corrected chi connectivity index (χ1v) is 7.58. The van der Waals surface area contributed by atoms with Crippen LogP contribution in [0.15, 0.2) is 22.7 Å². The Balaban J connectivity index is 1.77. The van der Waals surface area contributed by atoms with Crippen LogP contribution in [-0.2, 0) is 6.42 Å². The summed E-state index contributed by atoms with van der Waals surface area (Å²) < 4.78 is 1.29. The van der Waals surface area contributed by atoms with Gasteiger partial charge in [0.2, 0.25) is 0 Å². The Labute approximate surface area is 112 Å². The summed E-state index contributed by atoms with van der Waals surface area (Å²) in [5, 5.41) is 3.89. The summed E-state index contributed by atoms with van der Waals surface area (Å²) in [7, 11) is 0. The molecule has 92 valence electrons. The molecule has 1 N–H and O–H groups in total. The van der Waals surface area contributed by atoms with E-state index in [1.54, 1.807) is 0 Å². The molecule has 2 aliphatic carbocycles. The van der Waals surface area contributed by atoms with Crippen LogP contribution < -0.4 is 5.32 Å². The first-order chi connectivity index (χ1) is 8.25. The smallest absolute Gasteiger partial charge is 0.0329 e.